The Kier molecular flexibility index (Phi) is 4.42. The molecule has 92 valence electrons. The highest BCUT2D eigenvalue weighted by atomic mass is 16.6. The minimum Gasteiger partial charge on any atom is -0.497 e. The van der Waals surface area contributed by atoms with Gasteiger partial charge in [-0.3, -0.25) is 0 Å². The lowest BCUT2D eigenvalue weighted by Gasteiger charge is -2.24. The average Bonchev–Trinajstić information content (AvgIpc) is 2.34. The molecule has 4 nitrogen and oxygen atoms in total. The molecule has 0 spiro atoms. The third kappa shape index (κ3) is 3.46. The Morgan fingerprint density at radius 3 is 2.24 bits per heavy atom. The monoisotopic (exact) mass is 235 g/mol. The molecule has 0 atom stereocenters. The second-order valence-electron chi connectivity index (χ2n) is 4.15. The Hall–Kier alpha value is -1.04. The summed E-state index contributed by atoms with van der Waals surface area (Å²) in [6.45, 7) is 3.26. The molecule has 0 saturated carbocycles. The van der Waals surface area contributed by atoms with Gasteiger partial charge in [-0.05, 0) is 24.6 Å². The number of hydrogen-bond donors (Lipinski definition) is 0. The van der Waals surface area contributed by atoms with Crippen molar-refractivity contribution in [2.24, 2.45) is 0 Å². The maximum absolute atomic E-state index is 5.71. The van der Waals surface area contributed by atoms with E-state index < -0.39 is 0 Å². The van der Waals surface area contributed by atoms with Crippen LogP contribution < -0.4 is 10.2 Å². The Morgan fingerprint density at radius 1 is 1.12 bits per heavy atom. The maximum Gasteiger partial charge on any atom is 0.493 e. The van der Waals surface area contributed by atoms with Crippen LogP contribution in [-0.2, 0) is 9.31 Å². The lowest BCUT2D eigenvalue weighted by Crippen LogP contribution is -2.43. The first-order valence-corrected chi connectivity index (χ1v) is 5.85. The zero-order chi connectivity index (χ0) is 12.1. The van der Waals surface area contributed by atoms with Crippen LogP contribution in [0.1, 0.15) is 0 Å². The molecule has 1 heterocycles. The molecule has 1 aliphatic heterocycles. The summed E-state index contributed by atoms with van der Waals surface area (Å²) < 4.78 is 16.5. The molecular formula is C12H18BNO3. The van der Waals surface area contributed by atoms with Crippen molar-refractivity contribution >= 4 is 12.6 Å². The molecular weight excluding hydrogens is 217 g/mol. The highest BCUT2D eigenvalue weighted by molar-refractivity contribution is 6.61. The lowest BCUT2D eigenvalue weighted by molar-refractivity contribution is 0.132. The van der Waals surface area contributed by atoms with Gasteiger partial charge in [-0.15, -0.1) is 0 Å². The predicted octanol–water partition coefficient (Wildman–Crippen LogP) is 0.369. The molecule has 0 bridgehead atoms. The number of likely N-dealkylation sites (N-methyl/N-ethyl adjacent to an activating group) is 1. The van der Waals surface area contributed by atoms with E-state index in [4.69, 9.17) is 14.0 Å². The summed E-state index contributed by atoms with van der Waals surface area (Å²) >= 11 is 0. The van der Waals surface area contributed by atoms with E-state index in [-0.39, 0.29) is 7.12 Å². The average molecular weight is 235 g/mol. The zero-order valence-corrected chi connectivity index (χ0v) is 10.4. The van der Waals surface area contributed by atoms with Crippen LogP contribution in [0.4, 0.5) is 0 Å². The minimum atomic E-state index is -0.255. The van der Waals surface area contributed by atoms with Gasteiger partial charge in [-0.2, -0.15) is 0 Å². The van der Waals surface area contributed by atoms with E-state index in [1.165, 1.54) is 0 Å². The van der Waals surface area contributed by atoms with Crippen LogP contribution in [-0.4, -0.2) is 52.5 Å². The second kappa shape index (κ2) is 6.05. The van der Waals surface area contributed by atoms with Gasteiger partial charge in [0.25, 0.3) is 0 Å². The first-order valence-electron chi connectivity index (χ1n) is 5.85. The molecule has 1 aliphatic rings. The largest absolute Gasteiger partial charge is 0.497 e. The topological polar surface area (TPSA) is 30.9 Å². The normalized spacial score (nSPS) is 18.6. The number of benzene rings is 1. The maximum atomic E-state index is 5.71. The Bertz CT molecular complexity index is 334. The van der Waals surface area contributed by atoms with Gasteiger partial charge in [-0.1, -0.05) is 12.1 Å². The van der Waals surface area contributed by atoms with Gasteiger partial charge in [0, 0.05) is 26.3 Å². The molecule has 0 radical (unpaired) electrons. The number of nitrogens with zero attached hydrogens (tertiary/aromatic N) is 1. The fourth-order valence-electron chi connectivity index (χ4n) is 1.74. The highest BCUT2D eigenvalue weighted by Gasteiger charge is 2.23. The van der Waals surface area contributed by atoms with E-state index in [1.54, 1.807) is 7.11 Å². The Labute approximate surface area is 103 Å². The zero-order valence-electron chi connectivity index (χ0n) is 10.4. The van der Waals surface area contributed by atoms with Gasteiger partial charge in [0.2, 0.25) is 0 Å². The standard InChI is InChI=1S/C12H18BNO3/c1-14-7-9-16-13(17-10-8-14)11-3-5-12(15-2)6-4-11/h3-6H,7-10H2,1-2H3. The van der Waals surface area contributed by atoms with Crippen LogP contribution in [0.15, 0.2) is 24.3 Å². The van der Waals surface area contributed by atoms with Crippen LogP contribution in [0.2, 0.25) is 0 Å². The van der Waals surface area contributed by atoms with Gasteiger partial charge >= 0.3 is 7.12 Å². The summed E-state index contributed by atoms with van der Waals surface area (Å²) in [6, 6.07) is 7.81. The molecule has 0 unspecified atom stereocenters. The predicted molar refractivity (Wildman–Crippen MR) is 67.8 cm³/mol. The number of ether oxygens (including phenoxy) is 1. The Balaban J connectivity index is 1.99. The quantitative estimate of drug-likeness (QED) is 0.693. The van der Waals surface area contributed by atoms with Crippen molar-refractivity contribution in [3.8, 4) is 5.75 Å². The fraction of sp³-hybridized carbons (Fsp3) is 0.500. The number of hydrogen-bond acceptors (Lipinski definition) is 4. The summed E-state index contributed by atoms with van der Waals surface area (Å²) in [5.74, 6) is 0.847. The lowest BCUT2D eigenvalue weighted by atomic mass is 9.78. The van der Waals surface area contributed by atoms with Crippen LogP contribution in [0, 0.1) is 0 Å². The molecule has 1 aromatic rings. The summed E-state index contributed by atoms with van der Waals surface area (Å²) in [4.78, 5) is 2.20. The molecule has 0 N–H and O–H groups in total. The third-order valence-corrected chi connectivity index (χ3v) is 2.87. The second-order valence-corrected chi connectivity index (χ2v) is 4.15. The van der Waals surface area contributed by atoms with E-state index in [9.17, 15) is 0 Å². The van der Waals surface area contributed by atoms with Gasteiger partial charge in [0.15, 0.2) is 0 Å². The van der Waals surface area contributed by atoms with E-state index in [0.29, 0.717) is 13.2 Å². The summed E-state index contributed by atoms with van der Waals surface area (Å²) in [6.07, 6.45) is 0. The first kappa shape index (κ1) is 12.4. The van der Waals surface area contributed by atoms with Gasteiger partial charge < -0.3 is 18.9 Å². The number of rotatable bonds is 2. The highest BCUT2D eigenvalue weighted by Crippen LogP contribution is 2.07. The molecule has 2 rings (SSSR count). The van der Waals surface area contributed by atoms with Gasteiger partial charge in [0.05, 0.1) is 7.11 Å². The molecule has 1 aromatic carbocycles. The summed E-state index contributed by atoms with van der Waals surface area (Å²) in [7, 11) is 3.48. The van der Waals surface area contributed by atoms with Crippen molar-refractivity contribution in [3.05, 3.63) is 24.3 Å². The Morgan fingerprint density at radius 2 is 1.71 bits per heavy atom. The van der Waals surface area contributed by atoms with E-state index in [2.05, 4.69) is 11.9 Å². The summed E-state index contributed by atoms with van der Waals surface area (Å²) in [5.41, 5.74) is 1.04. The van der Waals surface area contributed by atoms with E-state index in [0.717, 1.165) is 24.3 Å². The van der Waals surface area contributed by atoms with Crippen molar-refractivity contribution in [1.82, 2.24) is 4.90 Å². The van der Waals surface area contributed by atoms with Crippen molar-refractivity contribution in [1.29, 1.82) is 0 Å². The smallest absolute Gasteiger partial charge is 0.493 e. The van der Waals surface area contributed by atoms with Crippen molar-refractivity contribution in [3.63, 3.8) is 0 Å². The molecule has 1 saturated heterocycles. The van der Waals surface area contributed by atoms with Crippen molar-refractivity contribution in [2.45, 2.75) is 0 Å². The van der Waals surface area contributed by atoms with E-state index in [1.807, 2.05) is 24.3 Å². The third-order valence-electron chi connectivity index (χ3n) is 2.87. The van der Waals surface area contributed by atoms with E-state index >= 15 is 0 Å². The van der Waals surface area contributed by atoms with Crippen molar-refractivity contribution in [2.75, 3.05) is 40.5 Å². The SMILES string of the molecule is COc1ccc(B2OCCN(C)CCO2)cc1. The molecule has 0 aromatic heterocycles. The molecule has 0 aliphatic carbocycles. The van der Waals surface area contributed by atoms with Crippen LogP contribution in [0.5, 0.6) is 5.75 Å². The van der Waals surface area contributed by atoms with Crippen LogP contribution in [0.25, 0.3) is 0 Å². The molecule has 0 amide bonds. The van der Waals surface area contributed by atoms with Crippen molar-refractivity contribution < 1.29 is 14.0 Å². The van der Waals surface area contributed by atoms with Gasteiger partial charge in [0.1, 0.15) is 5.75 Å². The van der Waals surface area contributed by atoms with Gasteiger partial charge in [-0.25, -0.2) is 0 Å². The number of methoxy groups -OCH3 is 1. The molecule has 1 fully saturated rings. The summed E-state index contributed by atoms with van der Waals surface area (Å²) in [5, 5.41) is 0. The first-order chi connectivity index (χ1) is 8.29. The fourth-order valence-corrected chi connectivity index (χ4v) is 1.74. The minimum absolute atomic E-state index is 0.255. The molecule has 17 heavy (non-hydrogen) atoms. The van der Waals surface area contributed by atoms with Crippen LogP contribution >= 0.6 is 0 Å². The van der Waals surface area contributed by atoms with Crippen LogP contribution in [0.3, 0.4) is 0 Å². The molecule has 5 heteroatoms.